The summed E-state index contributed by atoms with van der Waals surface area (Å²) in [5.74, 6) is 0. The van der Waals surface area contributed by atoms with Gasteiger partial charge in [0.15, 0.2) is 0 Å². The van der Waals surface area contributed by atoms with Gasteiger partial charge in [0, 0.05) is 16.7 Å². The molecular weight excluding hydrogens is 172 g/mol. The summed E-state index contributed by atoms with van der Waals surface area (Å²) in [4.78, 5) is 1.42. The highest BCUT2D eigenvalue weighted by atomic mass is 32.1. The van der Waals surface area contributed by atoms with E-state index in [0.717, 1.165) is 6.42 Å². The summed E-state index contributed by atoms with van der Waals surface area (Å²) in [5.41, 5.74) is 1.30. The van der Waals surface area contributed by atoms with E-state index in [-0.39, 0.29) is 0 Å². The molecule has 0 saturated carbocycles. The SMILES string of the molecule is [c]1sccc1Cc1cccs1. The van der Waals surface area contributed by atoms with E-state index in [1.165, 1.54) is 10.4 Å². The maximum Gasteiger partial charge on any atom is 0.0481 e. The summed E-state index contributed by atoms with van der Waals surface area (Å²) in [7, 11) is 0. The molecule has 0 unspecified atom stereocenters. The summed E-state index contributed by atoms with van der Waals surface area (Å²) in [6.45, 7) is 0. The summed E-state index contributed by atoms with van der Waals surface area (Å²) in [6, 6.07) is 6.38. The number of hydrogen-bond acceptors (Lipinski definition) is 2. The van der Waals surface area contributed by atoms with Gasteiger partial charge in [0.05, 0.1) is 0 Å². The molecule has 2 aromatic rings. The standard InChI is InChI=1S/C9H7S2/c1-2-9(11-4-1)6-8-3-5-10-7-8/h1-5H,6H2. The normalized spacial score (nSPS) is 10.2. The molecule has 0 spiro atoms. The quantitative estimate of drug-likeness (QED) is 0.664. The van der Waals surface area contributed by atoms with Crippen LogP contribution in [0.15, 0.2) is 29.0 Å². The van der Waals surface area contributed by atoms with Gasteiger partial charge >= 0.3 is 0 Å². The highest BCUT2D eigenvalue weighted by Crippen LogP contribution is 2.15. The van der Waals surface area contributed by atoms with Gasteiger partial charge in [-0.05, 0) is 28.5 Å². The van der Waals surface area contributed by atoms with Crippen molar-refractivity contribution >= 4 is 22.7 Å². The Morgan fingerprint density at radius 1 is 1.27 bits per heavy atom. The van der Waals surface area contributed by atoms with Crippen molar-refractivity contribution < 1.29 is 0 Å². The molecular formula is C9H7S2. The lowest BCUT2D eigenvalue weighted by atomic mass is 10.2. The zero-order chi connectivity index (χ0) is 7.52. The van der Waals surface area contributed by atoms with Crippen LogP contribution in [-0.4, -0.2) is 0 Å². The van der Waals surface area contributed by atoms with Crippen molar-refractivity contribution in [1.29, 1.82) is 0 Å². The van der Waals surface area contributed by atoms with Crippen LogP contribution in [0.2, 0.25) is 0 Å². The van der Waals surface area contributed by atoms with E-state index >= 15 is 0 Å². The van der Waals surface area contributed by atoms with Crippen LogP contribution >= 0.6 is 22.7 Å². The molecule has 0 aliphatic heterocycles. The molecule has 11 heavy (non-hydrogen) atoms. The second-order valence-electron chi connectivity index (χ2n) is 2.30. The molecule has 0 aliphatic rings. The molecule has 2 heterocycles. The first-order valence-electron chi connectivity index (χ1n) is 3.41. The monoisotopic (exact) mass is 179 g/mol. The molecule has 0 aromatic carbocycles. The summed E-state index contributed by atoms with van der Waals surface area (Å²) in [5, 5.41) is 7.41. The molecule has 0 saturated heterocycles. The van der Waals surface area contributed by atoms with E-state index in [2.05, 4.69) is 34.3 Å². The van der Waals surface area contributed by atoms with Crippen LogP contribution in [0, 0.1) is 5.38 Å². The molecule has 0 aliphatic carbocycles. The van der Waals surface area contributed by atoms with Crippen LogP contribution in [0.1, 0.15) is 10.4 Å². The Bertz CT molecular complexity index is 260. The highest BCUT2D eigenvalue weighted by molar-refractivity contribution is 7.10. The minimum absolute atomic E-state index is 1.04. The van der Waals surface area contributed by atoms with E-state index in [4.69, 9.17) is 0 Å². The van der Waals surface area contributed by atoms with Crippen molar-refractivity contribution in [2.45, 2.75) is 6.42 Å². The van der Waals surface area contributed by atoms with E-state index in [1.54, 1.807) is 22.7 Å². The van der Waals surface area contributed by atoms with Crippen LogP contribution in [0.4, 0.5) is 0 Å². The zero-order valence-corrected chi connectivity index (χ0v) is 7.54. The lowest BCUT2D eigenvalue weighted by Crippen LogP contribution is -1.78. The van der Waals surface area contributed by atoms with Crippen molar-refractivity contribution in [1.82, 2.24) is 0 Å². The van der Waals surface area contributed by atoms with Gasteiger partial charge in [0.2, 0.25) is 0 Å². The lowest BCUT2D eigenvalue weighted by Gasteiger charge is -1.89. The second-order valence-corrected chi connectivity index (χ2v) is 4.05. The average molecular weight is 179 g/mol. The Hall–Kier alpha value is -0.600. The van der Waals surface area contributed by atoms with Gasteiger partial charge < -0.3 is 0 Å². The van der Waals surface area contributed by atoms with E-state index in [1.807, 2.05) is 0 Å². The van der Waals surface area contributed by atoms with Gasteiger partial charge in [0.25, 0.3) is 0 Å². The molecule has 0 fully saturated rings. The molecule has 2 aromatic heterocycles. The Kier molecular flexibility index (Phi) is 2.06. The fraction of sp³-hybridized carbons (Fsp3) is 0.111. The van der Waals surface area contributed by atoms with Gasteiger partial charge in [-0.3, -0.25) is 0 Å². The van der Waals surface area contributed by atoms with E-state index in [9.17, 15) is 0 Å². The van der Waals surface area contributed by atoms with Crippen molar-refractivity contribution in [3.63, 3.8) is 0 Å². The molecule has 55 valence electrons. The minimum atomic E-state index is 1.04. The van der Waals surface area contributed by atoms with Crippen molar-refractivity contribution in [3.8, 4) is 0 Å². The number of rotatable bonds is 2. The fourth-order valence-electron chi connectivity index (χ4n) is 0.956. The molecule has 0 atom stereocenters. The van der Waals surface area contributed by atoms with Gasteiger partial charge in [0.1, 0.15) is 0 Å². The molecule has 0 nitrogen and oxygen atoms in total. The molecule has 0 bridgehead atoms. The predicted octanol–water partition coefficient (Wildman–Crippen LogP) is 3.20. The van der Waals surface area contributed by atoms with Gasteiger partial charge in [-0.1, -0.05) is 6.07 Å². The summed E-state index contributed by atoms with van der Waals surface area (Å²) in [6.07, 6.45) is 1.04. The van der Waals surface area contributed by atoms with Crippen LogP contribution in [0.5, 0.6) is 0 Å². The Morgan fingerprint density at radius 3 is 2.91 bits per heavy atom. The predicted molar refractivity (Wildman–Crippen MR) is 50.3 cm³/mol. The van der Waals surface area contributed by atoms with Gasteiger partial charge in [-0.15, -0.1) is 22.7 Å². The Labute approximate surface area is 74.1 Å². The van der Waals surface area contributed by atoms with Crippen LogP contribution < -0.4 is 0 Å². The molecule has 0 amide bonds. The first-order chi connectivity index (χ1) is 5.45. The molecule has 0 N–H and O–H groups in total. The second kappa shape index (κ2) is 3.20. The summed E-state index contributed by atoms with van der Waals surface area (Å²) >= 11 is 3.45. The molecule has 1 radical (unpaired) electrons. The first-order valence-corrected chi connectivity index (χ1v) is 5.17. The molecule has 2 rings (SSSR count). The summed E-state index contributed by atoms with van der Waals surface area (Å²) < 4.78 is 0. The van der Waals surface area contributed by atoms with Crippen LogP contribution in [0.25, 0.3) is 0 Å². The number of hydrogen-bond donors (Lipinski definition) is 0. The van der Waals surface area contributed by atoms with Crippen molar-refractivity contribution in [3.05, 3.63) is 44.8 Å². The fourth-order valence-corrected chi connectivity index (χ4v) is 2.28. The van der Waals surface area contributed by atoms with Crippen molar-refractivity contribution in [2.75, 3.05) is 0 Å². The highest BCUT2D eigenvalue weighted by Gasteiger charge is 1.96. The van der Waals surface area contributed by atoms with Crippen LogP contribution in [-0.2, 0) is 6.42 Å². The Morgan fingerprint density at radius 2 is 2.27 bits per heavy atom. The van der Waals surface area contributed by atoms with Gasteiger partial charge in [-0.25, -0.2) is 0 Å². The zero-order valence-electron chi connectivity index (χ0n) is 5.91. The topological polar surface area (TPSA) is 0 Å². The first kappa shape index (κ1) is 7.07. The molecule has 2 heteroatoms. The van der Waals surface area contributed by atoms with Crippen LogP contribution in [0.3, 0.4) is 0 Å². The Balaban J connectivity index is 2.14. The van der Waals surface area contributed by atoms with Gasteiger partial charge in [-0.2, -0.15) is 0 Å². The maximum absolute atomic E-state index is 3.22. The van der Waals surface area contributed by atoms with E-state index < -0.39 is 0 Å². The largest absolute Gasteiger partial charge is 0.149 e. The third-order valence-corrected chi connectivity index (χ3v) is 3.00. The third kappa shape index (κ3) is 1.70. The smallest absolute Gasteiger partial charge is 0.0481 e. The number of thiophene rings is 2. The maximum atomic E-state index is 3.22. The average Bonchev–Trinajstić information content (AvgIpc) is 2.60. The third-order valence-electron chi connectivity index (χ3n) is 1.47. The minimum Gasteiger partial charge on any atom is -0.149 e. The van der Waals surface area contributed by atoms with Crippen molar-refractivity contribution in [2.24, 2.45) is 0 Å². The lowest BCUT2D eigenvalue weighted by molar-refractivity contribution is 1.26. The van der Waals surface area contributed by atoms with E-state index in [0.29, 0.717) is 0 Å².